The predicted molar refractivity (Wildman–Crippen MR) is 74.6 cm³/mol. The number of hydrogen-bond donors (Lipinski definition) is 1. The summed E-state index contributed by atoms with van der Waals surface area (Å²) in [5, 5.41) is 3.21. The molecule has 2 rings (SSSR count). The van der Waals surface area contributed by atoms with Gasteiger partial charge in [0.15, 0.2) is 0 Å². The van der Waals surface area contributed by atoms with E-state index in [1.165, 1.54) is 24.8 Å². The molecular weight excluding hydrogens is 278 g/mol. The third-order valence-electron chi connectivity index (χ3n) is 3.56. The molecule has 3 heteroatoms. The van der Waals surface area contributed by atoms with E-state index in [2.05, 4.69) is 46.4 Å². The second-order valence-electron chi connectivity index (χ2n) is 4.90. The van der Waals surface area contributed by atoms with Gasteiger partial charge in [-0.05, 0) is 70.0 Å². The van der Waals surface area contributed by atoms with Crippen LogP contribution in [0.5, 0.6) is 5.75 Å². The minimum absolute atomic E-state index is 0.0866. The van der Waals surface area contributed by atoms with Crippen LogP contribution in [0.15, 0.2) is 22.7 Å². The molecule has 0 aliphatic heterocycles. The van der Waals surface area contributed by atoms with Gasteiger partial charge in [0.05, 0.1) is 0 Å². The SMILES string of the molecule is CNCCC1(Oc2ccc(Br)c(C)c2)CCC1. The highest BCUT2D eigenvalue weighted by atomic mass is 79.9. The maximum Gasteiger partial charge on any atom is 0.120 e. The molecular formula is C14H20BrNO. The third-order valence-corrected chi connectivity index (χ3v) is 4.45. The zero-order valence-electron chi connectivity index (χ0n) is 10.6. The second-order valence-corrected chi connectivity index (χ2v) is 5.76. The summed E-state index contributed by atoms with van der Waals surface area (Å²) in [6, 6.07) is 6.23. The molecule has 1 aliphatic carbocycles. The number of ether oxygens (including phenoxy) is 1. The van der Waals surface area contributed by atoms with E-state index in [0.717, 1.165) is 23.2 Å². The van der Waals surface area contributed by atoms with Crippen molar-refractivity contribution in [2.75, 3.05) is 13.6 Å². The van der Waals surface area contributed by atoms with Gasteiger partial charge in [-0.2, -0.15) is 0 Å². The summed E-state index contributed by atoms with van der Waals surface area (Å²) in [6.07, 6.45) is 4.76. The lowest BCUT2D eigenvalue weighted by atomic mass is 9.77. The molecule has 1 saturated carbocycles. The van der Waals surface area contributed by atoms with E-state index < -0.39 is 0 Å². The largest absolute Gasteiger partial charge is 0.487 e. The van der Waals surface area contributed by atoms with E-state index in [1.54, 1.807) is 0 Å². The average Bonchev–Trinajstić information content (AvgIpc) is 2.27. The van der Waals surface area contributed by atoms with E-state index in [1.807, 2.05) is 7.05 Å². The van der Waals surface area contributed by atoms with Gasteiger partial charge in [-0.25, -0.2) is 0 Å². The van der Waals surface area contributed by atoms with Crippen molar-refractivity contribution in [2.24, 2.45) is 0 Å². The van der Waals surface area contributed by atoms with Crippen LogP contribution in [-0.2, 0) is 0 Å². The first-order valence-electron chi connectivity index (χ1n) is 6.25. The Morgan fingerprint density at radius 1 is 1.41 bits per heavy atom. The van der Waals surface area contributed by atoms with E-state index in [9.17, 15) is 0 Å². The zero-order chi connectivity index (χ0) is 12.3. The van der Waals surface area contributed by atoms with Crippen molar-refractivity contribution in [2.45, 2.75) is 38.2 Å². The van der Waals surface area contributed by atoms with Crippen LogP contribution in [0.4, 0.5) is 0 Å². The lowest BCUT2D eigenvalue weighted by molar-refractivity contribution is -0.0139. The first-order chi connectivity index (χ1) is 8.15. The zero-order valence-corrected chi connectivity index (χ0v) is 12.1. The molecule has 1 fully saturated rings. The minimum atomic E-state index is 0.0866. The summed E-state index contributed by atoms with van der Waals surface area (Å²) in [6.45, 7) is 3.12. The number of aryl methyl sites for hydroxylation is 1. The Balaban J connectivity index is 2.05. The highest BCUT2D eigenvalue weighted by Crippen LogP contribution is 2.39. The topological polar surface area (TPSA) is 21.3 Å². The Hall–Kier alpha value is -0.540. The average molecular weight is 298 g/mol. The molecule has 0 atom stereocenters. The first-order valence-corrected chi connectivity index (χ1v) is 7.04. The molecule has 0 amide bonds. The van der Waals surface area contributed by atoms with Gasteiger partial charge >= 0.3 is 0 Å². The van der Waals surface area contributed by atoms with Crippen LogP contribution in [0.25, 0.3) is 0 Å². The molecule has 2 nitrogen and oxygen atoms in total. The highest BCUT2D eigenvalue weighted by Gasteiger charge is 2.38. The molecule has 0 aromatic heterocycles. The first kappa shape index (κ1) is 12.9. The Kier molecular flexibility index (Phi) is 4.10. The molecule has 1 N–H and O–H groups in total. The number of benzene rings is 1. The van der Waals surface area contributed by atoms with Gasteiger partial charge in [0.2, 0.25) is 0 Å². The monoisotopic (exact) mass is 297 g/mol. The summed E-state index contributed by atoms with van der Waals surface area (Å²) in [5.74, 6) is 1.00. The Labute approximate surface area is 112 Å². The van der Waals surface area contributed by atoms with Crippen molar-refractivity contribution < 1.29 is 4.74 Å². The van der Waals surface area contributed by atoms with E-state index in [4.69, 9.17) is 4.74 Å². The molecule has 0 saturated heterocycles. The van der Waals surface area contributed by atoms with Gasteiger partial charge in [-0.15, -0.1) is 0 Å². The quantitative estimate of drug-likeness (QED) is 0.895. The van der Waals surface area contributed by atoms with Gasteiger partial charge in [0, 0.05) is 4.47 Å². The molecule has 0 radical (unpaired) electrons. The van der Waals surface area contributed by atoms with Crippen molar-refractivity contribution >= 4 is 15.9 Å². The summed E-state index contributed by atoms with van der Waals surface area (Å²) in [5.41, 5.74) is 1.31. The summed E-state index contributed by atoms with van der Waals surface area (Å²) in [7, 11) is 2.00. The lowest BCUT2D eigenvalue weighted by Crippen LogP contribution is -2.45. The molecule has 94 valence electrons. The molecule has 0 heterocycles. The number of nitrogens with one attached hydrogen (secondary N) is 1. The van der Waals surface area contributed by atoms with Gasteiger partial charge in [0.1, 0.15) is 11.4 Å². The minimum Gasteiger partial charge on any atom is -0.487 e. The van der Waals surface area contributed by atoms with Crippen LogP contribution in [-0.4, -0.2) is 19.2 Å². The van der Waals surface area contributed by atoms with Gasteiger partial charge < -0.3 is 10.1 Å². The predicted octanol–water partition coefficient (Wildman–Crippen LogP) is 3.67. The van der Waals surface area contributed by atoms with Crippen molar-refractivity contribution in [3.8, 4) is 5.75 Å². The van der Waals surface area contributed by atoms with E-state index >= 15 is 0 Å². The van der Waals surface area contributed by atoms with Crippen LogP contribution in [0, 0.1) is 6.92 Å². The van der Waals surface area contributed by atoms with Crippen LogP contribution >= 0.6 is 15.9 Å². The Morgan fingerprint density at radius 3 is 2.71 bits per heavy atom. The smallest absolute Gasteiger partial charge is 0.120 e. The molecule has 0 spiro atoms. The van der Waals surface area contributed by atoms with Crippen LogP contribution in [0.3, 0.4) is 0 Å². The number of rotatable bonds is 5. The van der Waals surface area contributed by atoms with Gasteiger partial charge in [0.25, 0.3) is 0 Å². The van der Waals surface area contributed by atoms with E-state index in [0.29, 0.717) is 0 Å². The standard InChI is InChI=1S/C14H20BrNO/c1-11-10-12(4-5-13(11)15)17-14(6-3-7-14)8-9-16-2/h4-5,10,16H,3,6-9H2,1-2H3. The maximum absolute atomic E-state index is 6.22. The van der Waals surface area contributed by atoms with Crippen molar-refractivity contribution in [3.05, 3.63) is 28.2 Å². The van der Waals surface area contributed by atoms with Crippen molar-refractivity contribution in [3.63, 3.8) is 0 Å². The van der Waals surface area contributed by atoms with Gasteiger partial charge in [-0.1, -0.05) is 15.9 Å². The Morgan fingerprint density at radius 2 is 2.18 bits per heavy atom. The van der Waals surface area contributed by atoms with Crippen molar-refractivity contribution in [1.29, 1.82) is 0 Å². The van der Waals surface area contributed by atoms with Crippen molar-refractivity contribution in [1.82, 2.24) is 5.32 Å². The summed E-state index contributed by atoms with van der Waals surface area (Å²) >= 11 is 3.52. The second kappa shape index (κ2) is 5.40. The Bertz CT molecular complexity index is 388. The molecule has 0 unspecified atom stereocenters. The molecule has 17 heavy (non-hydrogen) atoms. The normalized spacial score (nSPS) is 17.6. The highest BCUT2D eigenvalue weighted by molar-refractivity contribution is 9.10. The fourth-order valence-corrected chi connectivity index (χ4v) is 2.50. The molecule has 1 aromatic rings. The lowest BCUT2D eigenvalue weighted by Gasteiger charge is -2.42. The molecule has 0 bridgehead atoms. The fourth-order valence-electron chi connectivity index (χ4n) is 2.26. The van der Waals surface area contributed by atoms with Crippen LogP contribution in [0.2, 0.25) is 0 Å². The van der Waals surface area contributed by atoms with Crippen LogP contribution in [0.1, 0.15) is 31.2 Å². The maximum atomic E-state index is 6.22. The van der Waals surface area contributed by atoms with Gasteiger partial charge in [-0.3, -0.25) is 0 Å². The fraction of sp³-hybridized carbons (Fsp3) is 0.571. The summed E-state index contributed by atoms with van der Waals surface area (Å²) < 4.78 is 7.36. The van der Waals surface area contributed by atoms with E-state index in [-0.39, 0.29) is 5.60 Å². The number of hydrogen-bond acceptors (Lipinski definition) is 2. The molecule has 1 aliphatic rings. The number of halogens is 1. The summed E-state index contributed by atoms with van der Waals surface area (Å²) in [4.78, 5) is 0. The third kappa shape index (κ3) is 3.02. The van der Waals surface area contributed by atoms with Crippen LogP contribution < -0.4 is 10.1 Å². The molecule has 1 aromatic carbocycles.